The molecule has 1 aromatic heterocycles. The van der Waals surface area contributed by atoms with Crippen molar-refractivity contribution in [2.24, 2.45) is 0 Å². The Balaban J connectivity index is 0.819. The molecular weight excluding hydrogens is 1000 g/mol. The molecule has 0 aliphatic carbocycles. The van der Waals surface area contributed by atoms with Crippen LogP contribution < -0.4 is 9.80 Å². The molecule has 0 fully saturated rings. The van der Waals surface area contributed by atoms with Crippen molar-refractivity contribution in [1.29, 1.82) is 0 Å². The molecule has 1 heterocycles. The summed E-state index contributed by atoms with van der Waals surface area (Å²) in [5.74, 6) is 0.397. The minimum atomic E-state index is -0.0749. The lowest BCUT2D eigenvalue weighted by Gasteiger charge is -2.26. The first-order chi connectivity index (χ1) is 39.8. The third-order valence-electron chi connectivity index (χ3n) is 14.0. The van der Waals surface area contributed by atoms with Gasteiger partial charge < -0.3 is 14.2 Å². The van der Waals surface area contributed by atoms with Crippen LogP contribution in [0.1, 0.15) is 63.7 Å². The van der Waals surface area contributed by atoms with Crippen molar-refractivity contribution < 1.29 is 23.6 Å². The molecule has 12 rings (SSSR count). The van der Waals surface area contributed by atoms with Gasteiger partial charge in [0, 0.05) is 89.8 Å². The second kappa shape index (κ2) is 22.8. The summed E-state index contributed by atoms with van der Waals surface area (Å²) in [6.45, 7) is 0. The van der Waals surface area contributed by atoms with E-state index in [0.29, 0.717) is 61.9 Å². The Morgan fingerprint density at radius 2 is 0.506 bits per heavy atom. The number of hydrogen-bond acceptors (Lipinski definition) is 9. The predicted molar refractivity (Wildman–Crippen MR) is 319 cm³/mol. The van der Waals surface area contributed by atoms with Crippen LogP contribution in [0.3, 0.4) is 0 Å². The maximum Gasteiger partial charge on any atom is 0.248 e. The molecule has 9 nitrogen and oxygen atoms in total. The second-order valence-electron chi connectivity index (χ2n) is 19.2. The van der Waals surface area contributed by atoms with Crippen LogP contribution in [0.15, 0.2) is 296 Å². The number of aromatic nitrogens is 2. The summed E-state index contributed by atoms with van der Waals surface area (Å²) >= 11 is 0. The number of carbonyl (C=O) groups is 4. The molecule has 0 atom stereocenters. The van der Waals surface area contributed by atoms with Crippen LogP contribution in [-0.4, -0.2) is 33.3 Å². The van der Waals surface area contributed by atoms with Crippen LogP contribution in [0.2, 0.25) is 0 Å². The van der Waals surface area contributed by atoms with Gasteiger partial charge in [0.1, 0.15) is 0 Å². The molecule has 0 bridgehead atoms. The van der Waals surface area contributed by atoms with Crippen molar-refractivity contribution >= 4 is 57.3 Å². The molecule has 9 heteroatoms. The summed E-state index contributed by atoms with van der Waals surface area (Å²) in [5.41, 5.74) is 12.9. The van der Waals surface area contributed by atoms with E-state index in [1.54, 1.807) is 24.3 Å². The van der Waals surface area contributed by atoms with Crippen LogP contribution in [0.25, 0.3) is 34.0 Å². The van der Waals surface area contributed by atoms with Gasteiger partial charge in [0.15, 0.2) is 23.1 Å². The lowest BCUT2D eigenvalue weighted by atomic mass is 10.0. The number of rotatable bonds is 17. The van der Waals surface area contributed by atoms with E-state index < -0.39 is 0 Å². The highest BCUT2D eigenvalue weighted by Crippen LogP contribution is 2.40. The van der Waals surface area contributed by atoms with Crippen LogP contribution in [-0.2, 0) is 0 Å². The number of hydrogen-bond donors (Lipinski definition) is 0. The number of anilines is 6. The van der Waals surface area contributed by atoms with Gasteiger partial charge in [-0.25, -0.2) is 0 Å². The molecule has 11 aromatic carbocycles. The molecule has 0 radical (unpaired) electrons. The van der Waals surface area contributed by atoms with E-state index >= 15 is 0 Å². The van der Waals surface area contributed by atoms with Gasteiger partial charge >= 0.3 is 0 Å². The average molecular weight is 1050 g/mol. The number of benzene rings is 11. The fourth-order valence-electron chi connectivity index (χ4n) is 9.83. The summed E-state index contributed by atoms with van der Waals surface area (Å²) < 4.78 is 6.40. The standard InChI is InChI=1S/C72H48N4O5/c77-67(50-15-5-1-6-16-50)54-31-39-61(40-32-54)75(62-41-33-55(34-42-62)68(78)51-17-7-2-8-18-51)65-25-13-23-59(47-65)49-27-29-58(30-28-49)71-73-74-72(81-71)60-24-14-26-66(48-60)76(63-43-35-56(36-44-63)69(79)52-19-9-3-10-20-52)64-45-37-57(38-46-64)70(80)53-21-11-4-12-22-53/h1-48H. The summed E-state index contributed by atoms with van der Waals surface area (Å²) in [6.07, 6.45) is 0. The summed E-state index contributed by atoms with van der Waals surface area (Å²) in [6, 6.07) is 90.9. The largest absolute Gasteiger partial charge is 0.416 e. The maximum absolute atomic E-state index is 13.4. The third-order valence-corrected chi connectivity index (χ3v) is 14.0. The maximum atomic E-state index is 13.4. The van der Waals surface area contributed by atoms with E-state index in [9.17, 15) is 19.2 Å². The topological polar surface area (TPSA) is 114 Å². The van der Waals surface area contributed by atoms with Gasteiger partial charge in [-0.2, -0.15) is 0 Å². The molecule has 12 aromatic rings. The highest BCUT2D eigenvalue weighted by molar-refractivity contribution is 6.11. The Kier molecular flexibility index (Phi) is 14.3. The molecule has 0 amide bonds. The molecule has 0 saturated carbocycles. The average Bonchev–Trinajstić information content (AvgIpc) is 4.15. The molecule has 0 aliphatic heterocycles. The molecule has 0 saturated heterocycles. The van der Waals surface area contributed by atoms with Gasteiger partial charge in [0.2, 0.25) is 11.8 Å². The van der Waals surface area contributed by atoms with Crippen molar-refractivity contribution in [2.45, 2.75) is 0 Å². The van der Waals surface area contributed by atoms with Gasteiger partial charge in [-0.3, -0.25) is 19.2 Å². The van der Waals surface area contributed by atoms with Crippen molar-refractivity contribution in [3.63, 3.8) is 0 Å². The number of carbonyl (C=O) groups excluding carboxylic acids is 4. The molecule has 0 aliphatic rings. The molecule has 81 heavy (non-hydrogen) atoms. The zero-order chi connectivity index (χ0) is 55.1. The van der Waals surface area contributed by atoms with E-state index in [1.807, 2.05) is 255 Å². The Bertz CT molecular complexity index is 4000. The van der Waals surface area contributed by atoms with Crippen molar-refractivity contribution in [1.82, 2.24) is 10.2 Å². The zero-order valence-electron chi connectivity index (χ0n) is 43.5. The first kappa shape index (κ1) is 50.6. The fraction of sp³-hybridized carbons (Fsp3) is 0. The lowest BCUT2D eigenvalue weighted by Crippen LogP contribution is -2.11. The Labute approximate surface area is 468 Å². The van der Waals surface area contributed by atoms with Gasteiger partial charge in [-0.1, -0.05) is 152 Å². The second-order valence-corrected chi connectivity index (χ2v) is 19.2. The first-order valence-electron chi connectivity index (χ1n) is 26.4. The summed E-state index contributed by atoms with van der Waals surface area (Å²) in [7, 11) is 0. The van der Waals surface area contributed by atoms with Crippen LogP contribution in [0.4, 0.5) is 34.1 Å². The molecular formula is C72H48N4O5. The van der Waals surface area contributed by atoms with Crippen LogP contribution >= 0.6 is 0 Å². The molecule has 0 N–H and O–H groups in total. The van der Waals surface area contributed by atoms with E-state index in [0.717, 1.165) is 50.8 Å². The zero-order valence-corrected chi connectivity index (χ0v) is 43.5. The summed E-state index contributed by atoms with van der Waals surface area (Å²) in [5, 5.41) is 8.99. The Hall–Kier alpha value is -11.2. The van der Waals surface area contributed by atoms with Gasteiger partial charge in [0.25, 0.3) is 0 Å². The van der Waals surface area contributed by atoms with Crippen LogP contribution in [0.5, 0.6) is 0 Å². The SMILES string of the molecule is O=C(c1ccccc1)c1ccc(N(c2ccc(C(=O)c3ccccc3)cc2)c2cccc(-c3ccc(-c4nnc(-c5cccc(N(c6ccc(C(=O)c7ccccc7)cc6)c6ccc(C(=O)c7ccccc7)cc6)c5)o4)cc3)c2)cc1. The van der Waals surface area contributed by atoms with Gasteiger partial charge in [-0.15, -0.1) is 10.2 Å². The summed E-state index contributed by atoms with van der Waals surface area (Å²) in [4.78, 5) is 57.8. The minimum absolute atomic E-state index is 0.0626. The molecule has 0 spiro atoms. The van der Waals surface area contributed by atoms with Crippen molar-refractivity contribution in [3.8, 4) is 34.0 Å². The Morgan fingerprint density at radius 3 is 0.840 bits per heavy atom. The third kappa shape index (κ3) is 10.9. The molecule has 386 valence electrons. The number of ketones is 4. The van der Waals surface area contributed by atoms with Gasteiger partial charge in [0.05, 0.1) is 0 Å². The van der Waals surface area contributed by atoms with E-state index in [-0.39, 0.29) is 23.1 Å². The predicted octanol–water partition coefficient (Wildman–Crippen LogP) is 16.9. The normalized spacial score (nSPS) is 10.9. The lowest BCUT2D eigenvalue weighted by molar-refractivity contribution is 0.103. The number of nitrogens with zero attached hydrogens (tertiary/aromatic N) is 4. The monoisotopic (exact) mass is 1050 g/mol. The van der Waals surface area contributed by atoms with Gasteiger partial charge in [-0.05, 0) is 151 Å². The molecule has 0 unspecified atom stereocenters. The van der Waals surface area contributed by atoms with Crippen molar-refractivity contribution in [2.75, 3.05) is 9.80 Å². The first-order valence-corrected chi connectivity index (χ1v) is 26.4. The quantitative estimate of drug-likeness (QED) is 0.0823. The van der Waals surface area contributed by atoms with Crippen LogP contribution in [0, 0.1) is 0 Å². The van der Waals surface area contributed by atoms with E-state index in [2.05, 4.69) is 32.1 Å². The fourth-order valence-corrected chi connectivity index (χ4v) is 9.83. The Morgan fingerprint density at radius 1 is 0.235 bits per heavy atom. The van der Waals surface area contributed by atoms with Crippen molar-refractivity contribution in [3.05, 3.63) is 336 Å². The smallest absolute Gasteiger partial charge is 0.248 e. The van der Waals surface area contributed by atoms with E-state index in [1.165, 1.54) is 0 Å². The minimum Gasteiger partial charge on any atom is -0.416 e. The van der Waals surface area contributed by atoms with E-state index in [4.69, 9.17) is 4.42 Å². The highest BCUT2D eigenvalue weighted by Gasteiger charge is 2.21. The highest BCUT2D eigenvalue weighted by atomic mass is 16.4.